The van der Waals surface area contributed by atoms with E-state index >= 15 is 0 Å². The number of hydrogen-bond donors (Lipinski definition) is 4. The zero-order valence-electron chi connectivity index (χ0n) is 10.9. The number of carboxylic acid groups (broad SMARTS) is 1. The molecule has 0 unspecified atom stereocenters. The van der Waals surface area contributed by atoms with Gasteiger partial charge in [-0.05, 0) is 12.1 Å². The second-order valence-corrected chi connectivity index (χ2v) is 4.12. The summed E-state index contributed by atoms with van der Waals surface area (Å²) in [6.45, 7) is 0. The molecule has 0 atom stereocenters. The molecule has 0 saturated heterocycles. The minimum Gasteiger partial charge on any atom is -0.504 e. The summed E-state index contributed by atoms with van der Waals surface area (Å²) >= 11 is 0. The van der Waals surface area contributed by atoms with Gasteiger partial charge in [-0.15, -0.1) is 10.2 Å². The van der Waals surface area contributed by atoms with Crippen LogP contribution < -0.4 is 0 Å². The molecule has 110 valence electrons. The van der Waals surface area contributed by atoms with Crippen molar-refractivity contribution >= 4 is 17.3 Å². The molecule has 0 heterocycles. The van der Waals surface area contributed by atoms with E-state index in [1.807, 2.05) is 6.07 Å². The summed E-state index contributed by atoms with van der Waals surface area (Å²) in [7, 11) is 0. The zero-order chi connectivity index (χ0) is 16.3. The Morgan fingerprint density at radius 3 is 2.41 bits per heavy atom. The van der Waals surface area contributed by atoms with E-state index in [0.29, 0.717) is 0 Å². The molecular formula is C14H9N3O5. The van der Waals surface area contributed by atoms with Gasteiger partial charge in [-0.1, -0.05) is 12.1 Å². The number of hydrogen-bond acceptors (Lipinski definition) is 7. The summed E-state index contributed by atoms with van der Waals surface area (Å²) in [6.07, 6.45) is 0. The van der Waals surface area contributed by atoms with Gasteiger partial charge in [-0.25, -0.2) is 4.79 Å². The lowest BCUT2D eigenvalue weighted by Crippen LogP contribution is -1.96. The Hall–Kier alpha value is -3.60. The fourth-order valence-electron chi connectivity index (χ4n) is 1.66. The van der Waals surface area contributed by atoms with E-state index in [-0.39, 0.29) is 11.3 Å². The lowest BCUT2D eigenvalue weighted by Gasteiger charge is -2.06. The Morgan fingerprint density at radius 2 is 1.77 bits per heavy atom. The van der Waals surface area contributed by atoms with Gasteiger partial charge in [-0.2, -0.15) is 5.26 Å². The Labute approximate surface area is 123 Å². The predicted molar refractivity (Wildman–Crippen MR) is 73.7 cm³/mol. The van der Waals surface area contributed by atoms with E-state index in [4.69, 9.17) is 10.4 Å². The maximum atomic E-state index is 11.1. The van der Waals surface area contributed by atoms with Crippen LogP contribution in [-0.4, -0.2) is 26.4 Å². The van der Waals surface area contributed by atoms with Crippen LogP contribution >= 0.6 is 0 Å². The molecule has 0 bridgehead atoms. The van der Waals surface area contributed by atoms with Crippen molar-refractivity contribution in [2.24, 2.45) is 10.2 Å². The molecule has 0 aliphatic rings. The van der Waals surface area contributed by atoms with Gasteiger partial charge in [0, 0.05) is 6.07 Å². The standard InChI is InChI=1S/C14H9N3O5/c15-6-7-3-1-2-4-9(7)16-17-11-8(14(21)22)5-10(18)12(19)13(11)20/h1-5,18-20H,(H,21,22). The van der Waals surface area contributed by atoms with Gasteiger partial charge in [0.25, 0.3) is 0 Å². The van der Waals surface area contributed by atoms with Gasteiger partial charge in [0.2, 0.25) is 5.75 Å². The smallest absolute Gasteiger partial charge is 0.338 e. The van der Waals surface area contributed by atoms with Crippen LogP contribution in [0.3, 0.4) is 0 Å². The summed E-state index contributed by atoms with van der Waals surface area (Å²) in [4.78, 5) is 11.1. The Morgan fingerprint density at radius 1 is 1.09 bits per heavy atom. The third-order valence-electron chi connectivity index (χ3n) is 2.74. The molecule has 0 saturated carbocycles. The number of phenolic OH excluding ortho intramolecular Hbond substituents is 3. The average Bonchev–Trinajstić information content (AvgIpc) is 2.51. The highest BCUT2D eigenvalue weighted by atomic mass is 16.4. The normalized spacial score (nSPS) is 10.5. The van der Waals surface area contributed by atoms with Crippen molar-refractivity contribution in [3.63, 3.8) is 0 Å². The SMILES string of the molecule is N#Cc1ccccc1N=Nc1c(C(=O)O)cc(O)c(O)c1O. The van der Waals surface area contributed by atoms with Crippen LogP contribution in [0.15, 0.2) is 40.6 Å². The van der Waals surface area contributed by atoms with Crippen molar-refractivity contribution in [2.45, 2.75) is 0 Å². The number of nitrogens with zero attached hydrogens (tertiary/aromatic N) is 3. The molecule has 8 nitrogen and oxygen atoms in total. The van der Waals surface area contributed by atoms with E-state index < -0.39 is 34.5 Å². The highest BCUT2D eigenvalue weighted by Crippen LogP contribution is 2.45. The van der Waals surface area contributed by atoms with Crippen LogP contribution in [0, 0.1) is 11.3 Å². The van der Waals surface area contributed by atoms with Gasteiger partial charge < -0.3 is 20.4 Å². The average molecular weight is 299 g/mol. The number of phenols is 3. The summed E-state index contributed by atoms with van der Waals surface area (Å²) in [5.74, 6) is -4.11. The lowest BCUT2D eigenvalue weighted by atomic mass is 10.1. The second-order valence-electron chi connectivity index (χ2n) is 4.12. The van der Waals surface area contributed by atoms with Crippen molar-refractivity contribution in [3.8, 4) is 23.3 Å². The molecule has 8 heteroatoms. The molecule has 0 radical (unpaired) electrons. The molecule has 0 aliphatic carbocycles. The van der Waals surface area contributed by atoms with Crippen LogP contribution in [0.5, 0.6) is 17.2 Å². The fraction of sp³-hybridized carbons (Fsp3) is 0. The summed E-state index contributed by atoms with van der Waals surface area (Å²) < 4.78 is 0. The Kier molecular flexibility index (Phi) is 3.90. The topological polar surface area (TPSA) is 146 Å². The van der Waals surface area contributed by atoms with E-state index in [2.05, 4.69) is 10.2 Å². The largest absolute Gasteiger partial charge is 0.504 e. The van der Waals surface area contributed by atoms with Crippen LogP contribution in [0.4, 0.5) is 11.4 Å². The van der Waals surface area contributed by atoms with E-state index in [9.17, 15) is 20.1 Å². The van der Waals surface area contributed by atoms with Crippen molar-refractivity contribution in [1.82, 2.24) is 0 Å². The molecule has 4 N–H and O–H groups in total. The number of azo groups is 1. The van der Waals surface area contributed by atoms with Crippen LogP contribution in [0.1, 0.15) is 15.9 Å². The summed E-state index contributed by atoms with van der Waals surface area (Å²) in [6, 6.07) is 8.79. The number of carbonyl (C=O) groups is 1. The number of aromatic carboxylic acids is 1. The van der Waals surface area contributed by atoms with E-state index in [1.165, 1.54) is 12.1 Å². The maximum Gasteiger partial charge on any atom is 0.338 e. The molecule has 0 fully saturated rings. The minimum absolute atomic E-state index is 0.160. The van der Waals surface area contributed by atoms with Crippen LogP contribution in [0.25, 0.3) is 0 Å². The first-order chi connectivity index (χ1) is 10.5. The quantitative estimate of drug-likeness (QED) is 0.506. The predicted octanol–water partition coefficient (Wildman–Crippen LogP) is 2.79. The Bertz CT molecular complexity index is 824. The molecule has 0 aliphatic heterocycles. The second kappa shape index (κ2) is 5.80. The number of carboxylic acids is 1. The first-order valence-corrected chi connectivity index (χ1v) is 5.87. The number of nitriles is 1. The molecule has 2 rings (SSSR count). The third kappa shape index (κ3) is 2.64. The number of rotatable bonds is 3. The molecule has 0 spiro atoms. The monoisotopic (exact) mass is 299 g/mol. The fourth-order valence-corrected chi connectivity index (χ4v) is 1.66. The van der Waals surface area contributed by atoms with Crippen molar-refractivity contribution in [1.29, 1.82) is 5.26 Å². The van der Waals surface area contributed by atoms with E-state index in [0.717, 1.165) is 6.07 Å². The van der Waals surface area contributed by atoms with Crippen molar-refractivity contribution in [3.05, 3.63) is 41.5 Å². The van der Waals surface area contributed by atoms with E-state index in [1.54, 1.807) is 12.1 Å². The molecule has 2 aromatic rings. The third-order valence-corrected chi connectivity index (χ3v) is 2.74. The van der Waals surface area contributed by atoms with Gasteiger partial charge in [-0.3, -0.25) is 0 Å². The highest BCUT2D eigenvalue weighted by molar-refractivity contribution is 5.96. The van der Waals surface area contributed by atoms with Crippen molar-refractivity contribution < 1.29 is 25.2 Å². The van der Waals surface area contributed by atoms with Gasteiger partial charge >= 0.3 is 5.97 Å². The van der Waals surface area contributed by atoms with Gasteiger partial charge in [0.1, 0.15) is 17.4 Å². The Balaban J connectivity index is 2.58. The first kappa shape index (κ1) is 14.8. The first-order valence-electron chi connectivity index (χ1n) is 5.87. The van der Waals surface area contributed by atoms with Crippen LogP contribution in [-0.2, 0) is 0 Å². The lowest BCUT2D eigenvalue weighted by molar-refractivity contribution is 0.0697. The summed E-state index contributed by atoms with van der Waals surface area (Å²) in [5, 5.41) is 53.8. The molecular weight excluding hydrogens is 290 g/mol. The minimum atomic E-state index is -1.48. The van der Waals surface area contributed by atoms with Gasteiger partial charge in [0.05, 0.1) is 11.1 Å². The summed E-state index contributed by atoms with van der Waals surface area (Å²) in [5.41, 5.74) is -0.722. The van der Waals surface area contributed by atoms with Crippen molar-refractivity contribution in [2.75, 3.05) is 0 Å². The zero-order valence-corrected chi connectivity index (χ0v) is 10.9. The van der Waals surface area contributed by atoms with Gasteiger partial charge in [0.15, 0.2) is 11.5 Å². The molecule has 0 amide bonds. The molecule has 22 heavy (non-hydrogen) atoms. The number of aromatic hydroxyl groups is 3. The number of benzene rings is 2. The molecule has 2 aromatic carbocycles. The highest BCUT2D eigenvalue weighted by Gasteiger charge is 2.21. The maximum absolute atomic E-state index is 11.1. The molecule has 0 aromatic heterocycles. The van der Waals surface area contributed by atoms with Crippen LogP contribution in [0.2, 0.25) is 0 Å².